The Balaban J connectivity index is 2.38. The second-order valence-corrected chi connectivity index (χ2v) is 4.76. The third-order valence-corrected chi connectivity index (χ3v) is 3.55. The quantitative estimate of drug-likeness (QED) is 0.588. The maximum Gasteiger partial charge on any atom is -0.0148 e. The summed E-state index contributed by atoms with van der Waals surface area (Å²) in [4.78, 5) is 0. The standard InChI is InChI=1S/C17H16/c1-12-6-3-4-8-14-10-17-13(2)7-5-9-15(17)11-16(12)14/h4-11H,3H2,1-2H3. The van der Waals surface area contributed by atoms with Gasteiger partial charge in [0.25, 0.3) is 0 Å². The Morgan fingerprint density at radius 3 is 2.82 bits per heavy atom. The fourth-order valence-electron chi connectivity index (χ4n) is 2.53. The Morgan fingerprint density at radius 1 is 1.06 bits per heavy atom. The highest BCUT2D eigenvalue weighted by molar-refractivity contribution is 5.92. The summed E-state index contributed by atoms with van der Waals surface area (Å²) in [6.45, 7) is 4.38. The van der Waals surface area contributed by atoms with Gasteiger partial charge in [-0.2, -0.15) is 0 Å². The van der Waals surface area contributed by atoms with Gasteiger partial charge in [0.2, 0.25) is 0 Å². The highest BCUT2D eigenvalue weighted by atomic mass is 14.1. The van der Waals surface area contributed by atoms with Crippen molar-refractivity contribution in [3.8, 4) is 0 Å². The molecule has 0 radical (unpaired) electrons. The minimum Gasteiger partial charge on any atom is -0.0801 e. The van der Waals surface area contributed by atoms with Crippen LogP contribution in [-0.2, 0) is 0 Å². The molecular weight excluding hydrogens is 204 g/mol. The number of hydrogen-bond donors (Lipinski definition) is 0. The molecule has 0 unspecified atom stereocenters. The number of fused-ring (bicyclic) bond motifs is 2. The lowest BCUT2D eigenvalue weighted by Gasteiger charge is -2.10. The molecule has 0 spiro atoms. The summed E-state index contributed by atoms with van der Waals surface area (Å²) in [6.07, 6.45) is 7.81. The highest BCUT2D eigenvalue weighted by Crippen LogP contribution is 2.30. The first-order chi connectivity index (χ1) is 8.25. The Labute approximate surface area is 102 Å². The molecule has 0 amide bonds. The number of aryl methyl sites for hydroxylation is 1. The average Bonchev–Trinajstić information content (AvgIpc) is 2.51. The summed E-state index contributed by atoms with van der Waals surface area (Å²) in [7, 11) is 0. The van der Waals surface area contributed by atoms with Crippen LogP contribution >= 0.6 is 0 Å². The van der Waals surface area contributed by atoms with E-state index in [0.717, 1.165) is 6.42 Å². The molecule has 0 atom stereocenters. The van der Waals surface area contributed by atoms with Gasteiger partial charge in [-0.15, -0.1) is 0 Å². The van der Waals surface area contributed by atoms with Gasteiger partial charge >= 0.3 is 0 Å². The molecule has 2 aromatic rings. The van der Waals surface area contributed by atoms with E-state index in [0.29, 0.717) is 0 Å². The molecule has 0 nitrogen and oxygen atoms in total. The van der Waals surface area contributed by atoms with Crippen molar-refractivity contribution in [1.29, 1.82) is 0 Å². The van der Waals surface area contributed by atoms with Crippen LogP contribution in [0.15, 0.2) is 42.5 Å². The van der Waals surface area contributed by atoms with Crippen molar-refractivity contribution in [2.75, 3.05) is 0 Å². The fourth-order valence-corrected chi connectivity index (χ4v) is 2.53. The summed E-state index contributed by atoms with van der Waals surface area (Å²) < 4.78 is 0. The monoisotopic (exact) mass is 220 g/mol. The van der Waals surface area contributed by atoms with E-state index in [2.05, 4.69) is 62.4 Å². The Hall–Kier alpha value is -1.82. The van der Waals surface area contributed by atoms with E-state index in [9.17, 15) is 0 Å². The normalized spacial score (nSPS) is 14.4. The van der Waals surface area contributed by atoms with Crippen LogP contribution in [0.1, 0.15) is 30.0 Å². The lowest BCUT2D eigenvalue weighted by atomic mass is 9.95. The van der Waals surface area contributed by atoms with Gasteiger partial charge < -0.3 is 0 Å². The molecule has 0 N–H and O–H groups in total. The maximum atomic E-state index is 2.32. The molecule has 0 fully saturated rings. The number of allylic oxidation sites excluding steroid dienone is 3. The van der Waals surface area contributed by atoms with Crippen LogP contribution < -0.4 is 0 Å². The van der Waals surface area contributed by atoms with Crippen molar-refractivity contribution in [1.82, 2.24) is 0 Å². The molecule has 0 saturated carbocycles. The molecule has 1 aliphatic rings. The van der Waals surface area contributed by atoms with Crippen LogP contribution in [-0.4, -0.2) is 0 Å². The van der Waals surface area contributed by atoms with Crippen molar-refractivity contribution in [2.24, 2.45) is 0 Å². The smallest absolute Gasteiger partial charge is 0.0148 e. The van der Waals surface area contributed by atoms with Crippen LogP contribution in [0, 0.1) is 6.92 Å². The number of benzene rings is 2. The summed E-state index contributed by atoms with van der Waals surface area (Å²) in [5.74, 6) is 0. The van der Waals surface area contributed by atoms with Gasteiger partial charge in [-0.1, -0.05) is 36.4 Å². The Bertz CT molecular complexity index is 642. The molecule has 0 aliphatic heterocycles. The van der Waals surface area contributed by atoms with Gasteiger partial charge in [-0.25, -0.2) is 0 Å². The minimum absolute atomic E-state index is 1.04. The Morgan fingerprint density at radius 2 is 1.94 bits per heavy atom. The van der Waals surface area contributed by atoms with E-state index < -0.39 is 0 Å². The minimum atomic E-state index is 1.04. The molecule has 3 rings (SSSR count). The molecule has 17 heavy (non-hydrogen) atoms. The molecule has 84 valence electrons. The van der Waals surface area contributed by atoms with E-state index in [4.69, 9.17) is 0 Å². The lowest BCUT2D eigenvalue weighted by molar-refractivity contribution is 1.41. The van der Waals surface area contributed by atoms with Crippen LogP contribution in [0.3, 0.4) is 0 Å². The van der Waals surface area contributed by atoms with Crippen LogP contribution in [0.25, 0.3) is 22.4 Å². The second kappa shape index (κ2) is 3.89. The van der Waals surface area contributed by atoms with Crippen LogP contribution in [0.4, 0.5) is 0 Å². The highest BCUT2D eigenvalue weighted by Gasteiger charge is 2.07. The summed E-state index contributed by atoms with van der Waals surface area (Å²) in [6, 6.07) is 11.1. The molecule has 2 aromatic carbocycles. The zero-order chi connectivity index (χ0) is 11.8. The largest absolute Gasteiger partial charge is 0.0801 e. The van der Waals surface area contributed by atoms with Gasteiger partial charge in [0, 0.05) is 0 Å². The molecule has 0 bridgehead atoms. The fraction of sp³-hybridized carbons (Fsp3) is 0.176. The second-order valence-electron chi connectivity index (χ2n) is 4.76. The van der Waals surface area contributed by atoms with Crippen LogP contribution in [0.5, 0.6) is 0 Å². The van der Waals surface area contributed by atoms with Gasteiger partial charge in [-0.3, -0.25) is 0 Å². The molecule has 0 heterocycles. The topological polar surface area (TPSA) is 0 Å². The van der Waals surface area contributed by atoms with Gasteiger partial charge in [-0.05, 0) is 65.4 Å². The maximum absolute atomic E-state index is 2.32. The van der Waals surface area contributed by atoms with E-state index in [1.165, 1.54) is 33.0 Å². The van der Waals surface area contributed by atoms with E-state index >= 15 is 0 Å². The van der Waals surface area contributed by atoms with Gasteiger partial charge in [0.1, 0.15) is 0 Å². The summed E-state index contributed by atoms with van der Waals surface area (Å²) in [5.41, 5.74) is 5.45. The van der Waals surface area contributed by atoms with Gasteiger partial charge in [0.15, 0.2) is 0 Å². The third kappa shape index (κ3) is 1.70. The lowest BCUT2D eigenvalue weighted by Crippen LogP contribution is -1.87. The number of rotatable bonds is 0. The predicted molar refractivity (Wildman–Crippen MR) is 76.0 cm³/mol. The average molecular weight is 220 g/mol. The number of hydrogen-bond acceptors (Lipinski definition) is 0. The van der Waals surface area contributed by atoms with E-state index in [1.807, 2.05) is 0 Å². The Kier molecular flexibility index (Phi) is 2.36. The van der Waals surface area contributed by atoms with Crippen molar-refractivity contribution < 1.29 is 0 Å². The molecule has 0 aromatic heterocycles. The van der Waals surface area contributed by atoms with Crippen molar-refractivity contribution in [2.45, 2.75) is 20.3 Å². The van der Waals surface area contributed by atoms with Crippen molar-refractivity contribution in [3.05, 3.63) is 59.2 Å². The molecule has 0 saturated heterocycles. The van der Waals surface area contributed by atoms with E-state index in [-0.39, 0.29) is 0 Å². The first-order valence-electron chi connectivity index (χ1n) is 6.13. The molecule has 0 heteroatoms. The third-order valence-electron chi connectivity index (χ3n) is 3.55. The zero-order valence-electron chi connectivity index (χ0n) is 10.3. The zero-order valence-corrected chi connectivity index (χ0v) is 10.3. The summed E-state index contributed by atoms with van der Waals surface area (Å²) >= 11 is 0. The predicted octanol–water partition coefficient (Wildman–Crippen LogP) is 4.97. The van der Waals surface area contributed by atoms with Gasteiger partial charge in [0.05, 0.1) is 0 Å². The van der Waals surface area contributed by atoms with Crippen molar-refractivity contribution in [3.63, 3.8) is 0 Å². The first-order valence-corrected chi connectivity index (χ1v) is 6.13. The first kappa shape index (κ1) is 10.3. The molecular formula is C17H16. The summed E-state index contributed by atoms with van der Waals surface area (Å²) in [5, 5.41) is 2.71. The van der Waals surface area contributed by atoms with Crippen molar-refractivity contribution >= 4 is 22.4 Å². The SMILES string of the molecule is CC1=CCC=Cc2cc3c(C)cccc3cc21. The van der Waals surface area contributed by atoms with E-state index in [1.54, 1.807) is 0 Å². The molecule has 1 aliphatic carbocycles. The van der Waals surface area contributed by atoms with Crippen LogP contribution in [0.2, 0.25) is 0 Å².